The van der Waals surface area contributed by atoms with Crippen LogP contribution in [0, 0.1) is 5.92 Å². The molecule has 0 fully saturated rings. The molecule has 1 heterocycles. The van der Waals surface area contributed by atoms with Crippen molar-refractivity contribution < 1.29 is 18.7 Å². The highest BCUT2D eigenvalue weighted by atomic mass is 35.5. The summed E-state index contributed by atoms with van der Waals surface area (Å²) in [6.07, 6.45) is 1.41. The highest BCUT2D eigenvalue weighted by Crippen LogP contribution is 2.29. The summed E-state index contributed by atoms with van der Waals surface area (Å²) in [5.74, 6) is 0.419. The van der Waals surface area contributed by atoms with Crippen molar-refractivity contribution in [3.05, 3.63) is 77.7 Å². The summed E-state index contributed by atoms with van der Waals surface area (Å²) in [4.78, 5) is 24.9. The number of halogens is 1. The Balaban J connectivity index is 1.63. The van der Waals surface area contributed by atoms with E-state index in [4.69, 9.17) is 20.8 Å². The number of furan rings is 1. The minimum Gasteiger partial charge on any atom is -0.459 e. The second-order valence-corrected chi connectivity index (χ2v) is 7.13. The summed E-state index contributed by atoms with van der Waals surface area (Å²) in [6.45, 7) is 3.71. The van der Waals surface area contributed by atoms with Crippen LogP contribution in [-0.2, 0) is 4.79 Å². The molecule has 0 aliphatic rings. The largest absolute Gasteiger partial charge is 0.459 e. The number of para-hydroxylation sites is 1. The maximum absolute atomic E-state index is 12.7. The van der Waals surface area contributed by atoms with Crippen LogP contribution in [0.25, 0.3) is 0 Å². The van der Waals surface area contributed by atoms with Crippen LogP contribution in [-0.4, -0.2) is 17.9 Å². The average molecular weight is 413 g/mol. The first-order valence-electron chi connectivity index (χ1n) is 9.11. The van der Waals surface area contributed by atoms with Gasteiger partial charge in [-0.1, -0.05) is 37.6 Å². The van der Waals surface area contributed by atoms with Gasteiger partial charge in [-0.2, -0.15) is 0 Å². The molecule has 0 radical (unpaired) electrons. The van der Waals surface area contributed by atoms with Crippen molar-refractivity contribution in [1.82, 2.24) is 5.32 Å². The fraction of sp³-hybridized carbons (Fsp3) is 0.182. The molecule has 1 atom stereocenters. The van der Waals surface area contributed by atoms with Gasteiger partial charge in [-0.15, -0.1) is 0 Å². The van der Waals surface area contributed by atoms with Crippen molar-refractivity contribution >= 4 is 29.1 Å². The highest BCUT2D eigenvalue weighted by molar-refractivity contribution is 6.32. The van der Waals surface area contributed by atoms with Gasteiger partial charge in [0, 0.05) is 5.69 Å². The number of hydrogen-bond acceptors (Lipinski definition) is 4. The smallest absolute Gasteiger partial charge is 0.287 e. The SMILES string of the molecule is CC(C)[C@H](NC(=O)c1ccco1)C(=O)Nc1ccc(Oc2ccccc2Cl)cc1. The highest BCUT2D eigenvalue weighted by Gasteiger charge is 2.25. The zero-order chi connectivity index (χ0) is 20.8. The molecule has 150 valence electrons. The number of ether oxygens (including phenoxy) is 1. The lowest BCUT2D eigenvalue weighted by molar-refractivity contribution is -0.118. The minimum atomic E-state index is -0.716. The van der Waals surface area contributed by atoms with E-state index in [-0.39, 0.29) is 17.6 Å². The Kier molecular flexibility index (Phi) is 6.57. The average Bonchev–Trinajstić information content (AvgIpc) is 3.24. The van der Waals surface area contributed by atoms with E-state index >= 15 is 0 Å². The first kappa shape index (κ1) is 20.5. The lowest BCUT2D eigenvalue weighted by Crippen LogP contribution is -2.47. The van der Waals surface area contributed by atoms with Crippen LogP contribution in [0.5, 0.6) is 11.5 Å². The van der Waals surface area contributed by atoms with Gasteiger partial charge in [0.1, 0.15) is 17.5 Å². The lowest BCUT2D eigenvalue weighted by atomic mass is 10.0. The topological polar surface area (TPSA) is 80.6 Å². The van der Waals surface area contributed by atoms with E-state index in [0.717, 1.165) is 0 Å². The molecule has 2 aromatic carbocycles. The molecule has 7 heteroatoms. The molecule has 3 aromatic rings. The first-order valence-corrected chi connectivity index (χ1v) is 9.49. The Morgan fingerprint density at radius 3 is 2.34 bits per heavy atom. The van der Waals surface area contributed by atoms with E-state index in [1.54, 1.807) is 48.5 Å². The third-order valence-electron chi connectivity index (χ3n) is 4.17. The van der Waals surface area contributed by atoms with E-state index in [1.807, 2.05) is 26.0 Å². The molecule has 0 bridgehead atoms. The molecule has 0 aliphatic carbocycles. The summed E-state index contributed by atoms with van der Waals surface area (Å²) < 4.78 is 10.8. The number of hydrogen-bond donors (Lipinski definition) is 2. The van der Waals surface area contributed by atoms with Crippen LogP contribution < -0.4 is 15.4 Å². The van der Waals surface area contributed by atoms with Gasteiger partial charge in [-0.3, -0.25) is 9.59 Å². The molecule has 2 amide bonds. The Hall–Kier alpha value is -3.25. The summed E-state index contributed by atoms with van der Waals surface area (Å²) in [7, 11) is 0. The van der Waals surface area contributed by atoms with Gasteiger partial charge >= 0.3 is 0 Å². The Morgan fingerprint density at radius 2 is 1.72 bits per heavy atom. The predicted molar refractivity (Wildman–Crippen MR) is 111 cm³/mol. The molecular weight excluding hydrogens is 392 g/mol. The molecule has 0 saturated heterocycles. The Morgan fingerprint density at radius 1 is 1.00 bits per heavy atom. The monoisotopic (exact) mass is 412 g/mol. The van der Waals surface area contributed by atoms with Crippen molar-refractivity contribution in [3.8, 4) is 11.5 Å². The normalized spacial score (nSPS) is 11.7. The predicted octanol–water partition coefficient (Wildman–Crippen LogP) is 5.12. The summed E-state index contributed by atoms with van der Waals surface area (Å²) in [5.41, 5.74) is 0.583. The van der Waals surface area contributed by atoms with Crippen LogP contribution in [0.15, 0.2) is 71.3 Å². The van der Waals surface area contributed by atoms with Gasteiger partial charge in [-0.25, -0.2) is 0 Å². The minimum absolute atomic E-state index is 0.114. The van der Waals surface area contributed by atoms with Crippen LogP contribution in [0.1, 0.15) is 24.4 Å². The molecule has 1 aromatic heterocycles. The molecule has 29 heavy (non-hydrogen) atoms. The second-order valence-electron chi connectivity index (χ2n) is 6.72. The van der Waals surface area contributed by atoms with Crippen molar-refractivity contribution in [1.29, 1.82) is 0 Å². The number of amides is 2. The lowest BCUT2D eigenvalue weighted by Gasteiger charge is -2.21. The van der Waals surface area contributed by atoms with Crippen LogP contribution in [0.4, 0.5) is 5.69 Å². The van der Waals surface area contributed by atoms with Gasteiger partial charge in [0.25, 0.3) is 5.91 Å². The number of carbonyl (C=O) groups is 2. The summed E-state index contributed by atoms with van der Waals surface area (Å²) >= 11 is 6.09. The zero-order valence-electron chi connectivity index (χ0n) is 16.0. The van der Waals surface area contributed by atoms with Gasteiger partial charge in [0.15, 0.2) is 5.76 Å². The van der Waals surface area contributed by atoms with E-state index in [0.29, 0.717) is 22.2 Å². The third kappa shape index (κ3) is 5.39. The van der Waals surface area contributed by atoms with E-state index in [2.05, 4.69) is 10.6 Å². The van der Waals surface area contributed by atoms with Crippen molar-refractivity contribution in [2.75, 3.05) is 5.32 Å². The van der Waals surface area contributed by atoms with E-state index < -0.39 is 11.9 Å². The number of anilines is 1. The molecule has 2 N–H and O–H groups in total. The number of carbonyl (C=O) groups excluding carboxylic acids is 2. The van der Waals surface area contributed by atoms with E-state index in [9.17, 15) is 9.59 Å². The fourth-order valence-electron chi connectivity index (χ4n) is 2.64. The summed E-state index contributed by atoms with van der Waals surface area (Å²) in [6, 6.07) is 16.5. The zero-order valence-corrected chi connectivity index (χ0v) is 16.8. The molecule has 0 unspecified atom stereocenters. The van der Waals surface area contributed by atoms with Crippen molar-refractivity contribution in [2.24, 2.45) is 5.92 Å². The van der Waals surface area contributed by atoms with Crippen LogP contribution in [0.3, 0.4) is 0 Å². The van der Waals surface area contributed by atoms with Crippen LogP contribution >= 0.6 is 11.6 Å². The first-order chi connectivity index (χ1) is 13.9. The fourth-order valence-corrected chi connectivity index (χ4v) is 2.81. The molecule has 6 nitrogen and oxygen atoms in total. The molecule has 0 aliphatic heterocycles. The van der Waals surface area contributed by atoms with Gasteiger partial charge in [0.05, 0.1) is 11.3 Å². The number of nitrogens with one attached hydrogen (secondary N) is 2. The molecule has 0 spiro atoms. The Labute approximate surface area is 173 Å². The second kappa shape index (κ2) is 9.30. The van der Waals surface area contributed by atoms with Gasteiger partial charge in [0.2, 0.25) is 5.91 Å². The quantitative estimate of drug-likeness (QED) is 0.564. The van der Waals surface area contributed by atoms with Gasteiger partial charge in [-0.05, 0) is 54.4 Å². The molecular formula is C22H21ClN2O4. The van der Waals surface area contributed by atoms with Crippen molar-refractivity contribution in [2.45, 2.75) is 19.9 Å². The Bertz CT molecular complexity index is 969. The summed E-state index contributed by atoms with van der Waals surface area (Å²) in [5, 5.41) is 6.03. The maximum Gasteiger partial charge on any atom is 0.287 e. The van der Waals surface area contributed by atoms with Crippen LogP contribution in [0.2, 0.25) is 5.02 Å². The maximum atomic E-state index is 12.7. The van der Waals surface area contributed by atoms with Gasteiger partial charge < -0.3 is 19.8 Å². The van der Waals surface area contributed by atoms with E-state index in [1.165, 1.54) is 6.26 Å². The van der Waals surface area contributed by atoms with Crippen molar-refractivity contribution in [3.63, 3.8) is 0 Å². The molecule has 3 rings (SSSR count). The standard InChI is InChI=1S/C22H21ClN2O4/c1-14(2)20(25-21(26)19-8-5-13-28-19)22(27)24-15-9-11-16(12-10-15)29-18-7-4-3-6-17(18)23/h3-14,20H,1-2H3,(H,24,27)(H,25,26)/t20-/m0/s1. The number of benzene rings is 2. The molecule has 0 saturated carbocycles. The third-order valence-corrected chi connectivity index (χ3v) is 4.48. The number of rotatable bonds is 7.